The van der Waals surface area contributed by atoms with Gasteiger partial charge < -0.3 is 10.2 Å². The molecule has 0 saturated heterocycles. The molecule has 1 aromatic carbocycles. The lowest BCUT2D eigenvalue weighted by Gasteiger charge is -2.47. The number of carboxylic acids is 1. The summed E-state index contributed by atoms with van der Waals surface area (Å²) in [6, 6.07) is 7.21. The van der Waals surface area contributed by atoms with Gasteiger partial charge in [0.25, 0.3) is 0 Å². The fourth-order valence-corrected chi connectivity index (χ4v) is 4.10. The molecule has 0 heterocycles. The van der Waals surface area contributed by atoms with E-state index in [0.717, 1.165) is 50.5 Å². The van der Waals surface area contributed by atoms with Crippen molar-refractivity contribution in [2.45, 2.75) is 90.9 Å². The molecule has 3 nitrogen and oxygen atoms in total. The fourth-order valence-electron chi connectivity index (χ4n) is 4.10. The predicted octanol–water partition coefficient (Wildman–Crippen LogP) is 6.29. The molecule has 1 atom stereocenters. The molecule has 0 spiro atoms. The van der Waals surface area contributed by atoms with Crippen LogP contribution in [0.5, 0.6) is 5.75 Å². The van der Waals surface area contributed by atoms with Crippen LogP contribution in [-0.4, -0.2) is 16.2 Å². The number of carboxylic acid groups (broad SMARTS) is 1. The number of phenolic OH excluding ortho intramolecular Hbond substituents is 1. The first kappa shape index (κ1) is 21.5. The molecule has 0 amide bonds. The molecule has 0 fully saturated rings. The summed E-state index contributed by atoms with van der Waals surface area (Å²) in [6.45, 7) is 8.53. The number of benzene rings is 1. The van der Waals surface area contributed by atoms with Gasteiger partial charge in [0.05, 0.1) is 5.41 Å². The lowest BCUT2D eigenvalue weighted by Crippen LogP contribution is -2.49. The van der Waals surface area contributed by atoms with Gasteiger partial charge in [-0.15, -0.1) is 0 Å². The van der Waals surface area contributed by atoms with Crippen LogP contribution in [-0.2, 0) is 10.2 Å². The highest BCUT2D eigenvalue weighted by molar-refractivity contribution is 5.77. The van der Waals surface area contributed by atoms with Crippen molar-refractivity contribution in [2.24, 2.45) is 5.41 Å². The Balaban J connectivity index is 3.48. The van der Waals surface area contributed by atoms with Crippen LogP contribution in [0, 0.1) is 5.41 Å². The summed E-state index contributed by atoms with van der Waals surface area (Å²) in [4.78, 5) is 12.6. The van der Waals surface area contributed by atoms with E-state index in [0.29, 0.717) is 12.8 Å². The normalized spacial score (nSPS) is 14.2. The summed E-state index contributed by atoms with van der Waals surface area (Å²) >= 11 is 0. The standard InChI is InChI=1S/C22H36O3/c1-5-8-15-21(4,18-11-13-19(23)14-12-18)22(20(24)25,16-9-6-2)17-10-7-3/h11-14,23H,5-10,15-17H2,1-4H3,(H,24,25). The number of unbranched alkanes of at least 4 members (excludes halogenated alkanes) is 3. The van der Waals surface area contributed by atoms with Crippen LogP contribution < -0.4 is 0 Å². The van der Waals surface area contributed by atoms with Gasteiger partial charge >= 0.3 is 5.97 Å². The third-order valence-corrected chi connectivity index (χ3v) is 5.91. The summed E-state index contributed by atoms with van der Waals surface area (Å²) in [5, 5.41) is 20.1. The van der Waals surface area contributed by atoms with E-state index in [9.17, 15) is 15.0 Å². The average Bonchev–Trinajstić information content (AvgIpc) is 2.60. The number of hydrogen-bond donors (Lipinski definition) is 2. The Labute approximate surface area is 153 Å². The Morgan fingerprint density at radius 2 is 1.32 bits per heavy atom. The van der Waals surface area contributed by atoms with Gasteiger partial charge in [-0.05, 0) is 37.0 Å². The molecule has 0 aliphatic rings. The van der Waals surface area contributed by atoms with Crippen LogP contribution >= 0.6 is 0 Å². The number of phenols is 1. The minimum Gasteiger partial charge on any atom is -0.508 e. The summed E-state index contributed by atoms with van der Waals surface area (Å²) in [5.74, 6) is -0.439. The van der Waals surface area contributed by atoms with E-state index in [1.807, 2.05) is 12.1 Å². The van der Waals surface area contributed by atoms with Gasteiger partial charge in [0, 0.05) is 5.41 Å². The molecule has 25 heavy (non-hydrogen) atoms. The van der Waals surface area contributed by atoms with E-state index >= 15 is 0 Å². The van der Waals surface area contributed by atoms with Crippen molar-refractivity contribution in [3.05, 3.63) is 29.8 Å². The van der Waals surface area contributed by atoms with Crippen molar-refractivity contribution in [3.63, 3.8) is 0 Å². The maximum Gasteiger partial charge on any atom is 0.310 e. The van der Waals surface area contributed by atoms with Gasteiger partial charge in [-0.25, -0.2) is 0 Å². The van der Waals surface area contributed by atoms with Crippen LogP contribution in [0.25, 0.3) is 0 Å². The summed E-state index contributed by atoms with van der Waals surface area (Å²) in [6.07, 6.45) is 8.18. The largest absolute Gasteiger partial charge is 0.508 e. The molecule has 1 rings (SSSR count). The highest BCUT2D eigenvalue weighted by atomic mass is 16.4. The molecule has 0 saturated carbocycles. The van der Waals surface area contributed by atoms with Crippen molar-refractivity contribution in [3.8, 4) is 5.75 Å². The van der Waals surface area contributed by atoms with Crippen molar-refractivity contribution < 1.29 is 15.0 Å². The minimum absolute atomic E-state index is 0.227. The Morgan fingerprint density at radius 3 is 1.72 bits per heavy atom. The van der Waals surface area contributed by atoms with Crippen LogP contribution in [0.4, 0.5) is 0 Å². The Hall–Kier alpha value is -1.51. The van der Waals surface area contributed by atoms with Gasteiger partial charge in [0.2, 0.25) is 0 Å². The molecule has 142 valence electrons. The monoisotopic (exact) mass is 348 g/mol. The first-order chi connectivity index (χ1) is 11.9. The Kier molecular flexibility index (Phi) is 8.47. The SMILES string of the molecule is CCCCC(CCCC)(C(=O)O)C(C)(CCCC)c1ccc(O)cc1. The highest BCUT2D eigenvalue weighted by Gasteiger charge is 2.53. The van der Waals surface area contributed by atoms with Gasteiger partial charge in [0.1, 0.15) is 5.75 Å². The van der Waals surface area contributed by atoms with Crippen LogP contribution in [0.2, 0.25) is 0 Å². The van der Waals surface area contributed by atoms with Gasteiger partial charge in [-0.1, -0.05) is 78.4 Å². The molecule has 1 unspecified atom stereocenters. The van der Waals surface area contributed by atoms with Crippen LogP contribution in [0.3, 0.4) is 0 Å². The molecule has 0 aliphatic heterocycles. The number of rotatable bonds is 12. The smallest absolute Gasteiger partial charge is 0.310 e. The maximum absolute atomic E-state index is 12.6. The first-order valence-electron chi connectivity index (χ1n) is 9.90. The molecule has 3 heteroatoms. The summed E-state index contributed by atoms with van der Waals surface area (Å²) in [7, 11) is 0. The van der Waals surface area contributed by atoms with Gasteiger partial charge in [0.15, 0.2) is 0 Å². The topological polar surface area (TPSA) is 57.5 Å². The number of hydrogen-bond acceptors (Lipinski definition) is 2. The lowest BCUT2D eigenvalue weighted by atomic mass is 9.55. The quantitative estimate of drug-likeness (QED) is 0.466. The number of carbonyl (C=O) groups is 1. The molecule has 1 aromatic rings. The second-order valence-corrected chi connectivity index (χ2v) is 7.58. The minimum atomic E-state index is -0.759. The predicted molar refractivity (Wildman–Crippen MR) is 104 cm³/mol. The zero-order valence-electron chi connectivity index (χ0n) is 16.5. The van der Waals surface area contributed by atoms with Crippen molar-refractivity contribution in [1.29, 1.82) is 0 Å². The fraction of sp³-hybridized carbons (Fsp3) is 0.682. The van der Waals surface area contributed by atoms with Crippen molar-refractivity contribution in [2.75, 3.05) is 0 Å². The van der Waals surface area contributed by atoms with E-state index in [2.05, 4.69) is 27.7 Å². The first-order valence-corrected chi connectivity index (χ1v) is 9.90. The molecule has 0 aromatic heterocycles. The maximum atomic E-state index is 12.6. The Bertz CT molecular complexity index is 513. The zero-order valence-corrected chi connectivity index (χ0v) is 16.5. The lowest BCUT2D eigenvalue weighted by molar-refractivity contribution is -0.156. The van der Waals surface area contributed by atoms with Crippen molar-refractivity contribution in [1.82, 2.24) is 0 Å². The third-order valence-electron chi connectivity index (χ3n) is 5.91. The average molecular weight is 349 g/mol. The molecular weight excluding hydrogens is 312 g/mol. The summed E-state index contributed by atoms with van der Waals surface area (Å²) in [5.41, 5.74) is -0.161. The van der Waals surface area contributed by atoms with Crippen LogP contribution in [0.15, 0.2) is 24.3 Å². The highest BCUT2D eigenvalue weighted by Crippen LogP contribution is 2.52. The Morgan fingerprint density at radius 1 is 0.880 bits per heavy atom. The molecule has 2 N–H and O–H groups in total. The molecular formula is C22H36O3. The molecule has 0 bridgehead atoms. The van der Waals surface area contributed by atoms with E-state index in [1.54, 1.807) is 12.1 Å². The zero-order chi connectivity index (χ0) is 18.9. The van der Waals surface area contributed by atoms with E-state index in [4.69, 9.17) is 0 Å². The van der Waals surface area contributed by atoms with E-state index in [1.165, 1.54) is 0 Å². The van der Waals surface area contributed by atoms with Gasteiger partial charge in [-0.2, -0.15) is 0 Å². The van der Waals surface area contributed by atoms with Crippen LogP contribution in [0.1, 0.15) is 91.0 Å². The second-order valence-electron chi connectivity index (χ2n) is 7.58. The van der Waals surface area contributed by atoms with Gasteiger partial charge in [-0.3, -0.25) is 4.79 Å². The second kappa shape index (κ2) is 9.84. The van der Waals surface area contributed by atoms with Crippen molar-refractivity contribution >= 4 is 5.97 Å². The summed E-state index contributed by atoms with van der Waals surface area (Å²) < 4.78 is 0. The van der Waals surface area contributed by atoms with E-state index < -0.39 is 16.8 Å². The number of aliphatic carboxylic acids is 1. The molecule has 0 aliphatic carbocycles. The molecule has 0 radical (unpaired) electrons. The third kappa shape index (κ3) is 4.77. The van der Waals surface area contributed by atoms with E-state index in [-0.39, 0.29) is 5.75 Å². The number of aromatic hydroxyl groups is 1.